The Morgan fingerprint density at radius 3 is 2.75 bits per heavy atom. The van der Waals surface area contributed by atoms with Crippen molar-refractivity contribution < 1.29 is 22.7 Å². The maximum Gasteiger partial charge on any atom is 0.260 e. The van der Waals surface area contributed by atoms with Crippen LogP contribution in [-0.4, -0.2) is 63.6 Å². The number of hydrogen-bond acceptors (Lipinski definition) is 5. The molecular weight excluding hydrogens is 398 g/mol. The molecule has 1 saturated heterocycles. The summed E-state index contributed by atoms with van der Waals surface area (Å²) in [5.41, 5.74) is 1.08. The van der Waals surface area contributed by atoms with Crippen molar-refractivity contribution in [2.75, 3.05) is 38.4 Å². The standard InChI is InChI=1S/C16H22BrNO5S/c1-12-3-4-15(14(17)9-12)23-10-16(19)18(6-7-22-2)13-5-8-24(20,21)11-13/h3-4,9,13H,5-8,10-11H2,1-2H3/t13-/m0/s1. The summed E-state index contributed by atoms with van der Waals surface area (Å²) in [4.78, 5) is 14.1. The van der Waals surface area contributed by atoms with Crippen LogP contribution in [0, 0.1) is 6.92 Å². The number of benzene rings is 1. The predicted octanol–water partition coefficient (Wildman–Crippen LogP) is 1.80. The molecule has 2 rings (SSSR count). The first-order valence-corrected chi connectivity index (χ1v) is 10.3. The van der Waals surface area contributed by atoms with Crippen molar-refractivity contribution in [3.8, 4) is 5.75 Å². The first kappa shape index (κ1) is 19.2. The molecule has 6 nitrogen and oxygen atoms in total. The van der Waals surface area contributed by atoms with E-state index in [1.54, 1.807) is 18.1 Å². The normalized spacial score (nSPS) is 19.2. The van der Waals surface area contributed by atoms with Crippen molar-refractivity contribution in [1.82, 2.24) is 4.90 Å². The fourth-order valence-electron chi connectivity index (χ4n) is 2.67. The number of carbonyl (C=O) groups excluding carboxylic acids is 1. The molecule has 0 saturated carbocycles. The molecule has 1 aromatic rings. The van der Waals surface area contributed by atoms with E-state index in [2.05, 4.69) is 15.9 Å². The average molecular weight is 420 g/mol. The van der Waals surface area contributed by atoms with Crippen LogP contribution >= 0.6 is 15.9 Å². The van der Waals surface area contributed by atoms with Gasteiger partial charge < -0.3 is 14.4 Å². The smallest absolute Gasteiger partial charge is 0.260 e. The number of rotatable bonds is 7. The van der Waals surface area contributed by atoms with Crippen LogP contribution in [0.25, 0.3) is 0 Å². The summed E-state index contributed by atoms with van der Waals surface area (Å²) in [6.07, 6.45) is 0.464. The van der Waals surface area contributed by atoms with Crippen molar-refractivity contribution in [2.45, 2.75) is 19.4 Å². The van der Waals surface area contributed by atoms with Crippen LogP contribution in [0.3, 0.4) is 0 Å². The lowest BCUT2D eigenvalue weighted by atomic mass is 10.2. The van der Waals surface area contributed by atoms with Gasteiger partial charge >= 0.3 is 0 Å². The Bertz CT molecular complexity index is 692. The Labute approximate surface area is 151 Å². The Kier molecular flexibility index (Phi) is 6.65. The molecule has 1 heterocycles. The predicted molar refractivity (Wildman–Crippen MR) is 95.0 cm³/mol. The van der Waals surface area contributed by atoms with Crippen LogP contribution < -0.4 is 4.74 Å². The summed E-state index contributed by atoms with van der Waals surface area (Å²) in [6, 6.07) is 5.30. The van der Waals surface area contributed by atoms with Crippen molar-refractivity contribution in [3.63, 3.8) is 0 Å². The Balaban J connectivity index is 2.02. The minimum absolute atomic E-state index is 0.0106. The van der Waals surface area contributed by atoms with Gasteiger partial charge in [0.05, 0.1) is 22.6 Å². The molecule has 1 aliphatic rings. The van der Waals surface area contributed by atoms with Crippen LogP contribution in [0.1, 0.15) is 12.0 Å². The first-order valence-electron chi connectivity index (χ1n) is 7.70. The highest BCUT2D eigenvalue weighted by Crippen LogP contribution is 2.26. The van der Waals surface area contributed by atoms with E-state index in [1.165, 1.54) is 0 Å². The number of halogens is 1. The molecule has 24 heavy (non-hydrogen) atoms. The number of hydrogen-bond donors (Lipinski definition) is 0. The highest BCUT2D eigenvalue weighted by molar-refractivity contribution is 9.10. The van der Waals surface area contributed by atoms with Crippen LogP contribution in [0.5, 0.6) is 5.75 Å². The number of amides is 1. The number of ether oxygens (including phenoxy) is 2. The largest absolute Gasteiger partial charge is 0.483 e. The molecule has 0 radical (unpaired) electrons. The van der Waals surface area contributed by atoms with Crippen LogP contribution in [0.4, 0.5) is 0 Å². The summed E-state index contributed by atoms with van der Waals surface area (Å²) in [5.74, 6) is 0.483. The molecule has 8 heteroatoms. The second-order valence-electron chi connectivity index (χ2n) is 5.86. The lowest BCUT2D eigenvalue weighted by molar-refractivity contribution is -0.136. The average Bonchev–Trinajstić information content (AvgIpc) is 2.86. The third-order valence-electron chi connectivity index (χ3n) is 3.94. The number of carbonyl (C=O) groups is 1. The molecule has 134 valence electrons. The van der Waals surface area contributed by atoms with E-state index in [-0.39, 0.29) is 30.1 Å². The fourth-order valence-corrected chi connectivity index (χ4v) is 5.01. The molecule has 1 amide bonds. The van der Waals surface area contributed by atoms with Gasteiger partial charge in [-0.2, -0.15) is 0 Å². The van der Waals surface area contributed by atoms with Crippen molar-refractivity contribution >= 4 is 31.7 Å². The van der Waals surface area contributed by atoms with Gasteiger partial charge in [0.1, 0.15) is 5.75 Å². The molecule has 0 spiro atoms. The van der Waals surface area contributed by atoms with Gasteiger partial charge in [0.2, 0.25) is 0 Å². The second-order valence-corrected chi connectivity index (χ2v) is 8.94. The van der Waals surface area contributed by atoms with Gasteiger partial charge in [-0.1, -0.05) is 6.07 Å². The Morgan fingerprint density at radius 2 is 2.17 bits per heavy atom. The number of nitrogens with zero attached hydrogens (tertiary/aromatic N) is 1. The molecule has 1 aromatic carbocycles. The molecule has 0 aromatic heterocycles. The Hall–Kier alpha value is -1.12. The maximum absolute atomic E-state index is 12.5. The molecule has 0 N–H and O–H groups in total. The van der Waals surface area contributed by atoms with Crippen molar-refractivity contribution in [2.24, 2.45) is 0 Å². The Morgan fingerprint density at radius 1 is 1.42 bits per heavy atom. The summed E-state index contributed by atoms with van der Waals surface area (Å²) < 4.78 is 34.8. The van der Waals surface area contributed by atoms with E-state index < -0.39 is 9.84 Å². The van der Waals surface area contributed by atoms with E-state index in [0.717, 1.165) is 10.0 Å². The number of aryl methyl sites for hydroxylation is 1. The molecule has 1 atom stereocenters. The molecular formula is C16H22BrNO5S. The SMILES string of the molecule is COCCN(C(=O)COc1ccc(C)cc1Br)[C@H]1CCS(=O)(=O)C1. The third kappa shape index (κ3) is 5.19. The monoisotopic (exact) mass is 419 g/mol. The van der Waals surface area contributed by atoms with Gasteiger partial charge in [-0.15, -0.1) is 0 Å². The lowest BCUT2D eigenvalue weighted by Crippen LogP contribution is -2.45. The summed E-state index contributed by atoms with van der Waals surface area (Å²) in [5, 5.41) is 0. The zero-order valence-corrected chi connectivity index (χ0v) is 16.2. The van der Waals surface area contributed by atoms with Crippen molar-refractivity contribution in [1.29, 1.82) is 0 Å². The maximum atomic E-state index is 12.5. The minimum Gasteiger partial charge on any atom is -0.483 e. The molecule has 0 unspecified atom stereocenters. The van der Waals surface area contributed by atoms with Crippen LogP contribution in [-0.2, 0) is 19.4 Å². The third-order valence-corrected chi connectivity index (χ3v) is 6.31. The number of sulfone groups is 1. The summed E-state index contributed by atoms with van der Waals surface area (Å²) >= 11 is 3.41. The van der Waals surface area contributed by atoms with Gasteiger partial charge in [0, 0.05) is 19.7 Å². The molecule has 0 bridgehead atoms. The van der Waals surface area contributed by atoms with Gasteiger partial charge in [-0.25, -0.2) is 8.42 Å². The number of methoxy groups -OCH3 is 1. The molecule has 1 aliphatic heterocycles. The highest BCUT2D eigenvalue weighted by atomic mass is 79.9. The van der Waals surface area contributed by atoms with Crippen LogP contribution in [0.15, 0.2) is 22.7 Å². The van der Waals surface area contributed by atoms with E-state index in [0.29, 0.717) is 25.3 Å². The zero-order chi connectivity index (χ0) is 17.7. The minimum atomic E-state index is -3.06. The topological polar surface area (TPSA) is 72.9 Å². The van der Waals surface area contributed by atoms with E-state index >= 15 is 0 Å². The summed E-state index contributed by atoms with van der Waals surface area (Å²) in [7, 11) is -1.51. The van der Waals surface area contributed by atoms with Gasteiger partial charge in [-0.05, 0) is 47.0 Å². The highest BCUT2D eigenvalue weighted by Gasteiger charge is 2.34. The zero-order valence-electron chi connectivity index (χ0n) is 13.8. The van der Waals surface area contributed by atoms with Crippen LogP contribution in [0.2, 0.25) is 0 Å². The van der Waals surface area contributed by atoms with Crippen molar-refractivity contribution in [3.05, 3.63) is 28.2 Å². The fraction of sp³-hybridized carbons (Fsp3) is 0.562. The van der Waals surface area contributed by atoms with Gasteiger partial charge in [-0.3, -0.25) is 4.79 Å². The van der Waals surface area contributed by atoms with E-state index in [1.807, 2.05) is 19.1 Å². The summed E-state index contributed by atoms with van der Waals surface area (Å²) in [6.45, 7) is 2.54. The van der Waals surface area contributed by atoms with Gasteiger partial charge in [0.25, 0.3) is 5.91 Å². The molecule has 0 aliphatic carbocycles. The lowest BCUT2D eigenvalue weighted by Gasteiger charge is -2.28. The van der Waals surface area contributed by atoms with Gasteiger partial charge in [0.15, 0.2) is 16.4 Å². The first-order chi connectivity index (χ1) is 11.3. The van der Waals surface area contributed by atoms with E-state index in [9.17, 15) is 13.2 Å². The second kappa shape index (κ2) is 8.31. The quantitative estimate of drug-likeness (QED) is 0.673. The van der Waals surface area contributed by atoms with E-state index in [4.69, 9.17) is 9.47 Å². The molecule has 1 fully saturated rings.